The lowest BCUT2D eigenvalue weighted by Crippen LogP contribution is -2.05. The first kappa shape index (κ1) is 13.8. The van der Waals surface area contributed by atoms with E-state index in [1.807, 2.05) is 26.0 Å². The Labute approximate surface area is 106 Å². The second-order valence-electron chi connectivity index (χ2n) is 3.34. The summed E-state index contributed by atoms with van der Waals surface area (Å²) in [5, 5.41) is 9.63. The Hall–Kier alpha value is -2.28. The van der Waals surface area contributed by atoms with Crippen molar-refractivity contribution in [3.05, 3.63) is 36.0 Å². The third-order valence-corrected chi connectivity index (χ3v) is 2.43. The normalized spacial score (nSPS) is 9.22. The average Bonchev–Trinajstić information content (AvgIpc) is 2.84. The van der Waals surface area contributed by atoms with Crippen molar-refractivity contribution < 1.29 is 9.53 Å². The first-order valence-corrected chi connectivity index (χ1v) is 5.81. The van der Waals surface area contributed by atoms with Crippen molar-refractivity contribution in [3.63, 3.8) is 0 Å². The molecule has 1 aromatic heterocycles. The smallest absolute Gasteiger partial charge is 0.340 e. The van der Waals surface area contributed by atoms with Gasteiger partial charge in [-0.3, -0.25) is 0 Å². The molecule has 1 aromatic carbocycles. The predicted octanol–water partition coefficient (Wildman–Crippen LogP) is 2.98. The minimum Gasteiger partial charge on any atom is -0.465 e. The summed E-state index contributed by atoms with van der Waals surface area (Å²) in [4.78, 5) is 11.6. The molecule has 18 heavy (non-hydrogen) atoms. The number of ether oxygens (including phenoxy) is 1. The SMILES string of the molecule is CC.COC(=O)c1cccc2ccn(CC#N)c12. The van der Waals surface area contributed by atoms with E-state index >= 15 is 0 Å². The molecule has 0 saturated heterocycles. The number of carbonyl (C=O) groups excluding carboxylic acids is 1. The number of esters is 1. The zero-order chi connectivity index (χ0) is 13.5. The van der Waals surface area contributed by atoms with Crippen molar-refractivity contribution in [2.45, 2.75) is 20.4 Å². The van der Waals surface area contributed by atoms with Crippen LogP contribution in [-0.2, 0) is 11.3 Å². The molecular weight excluding hydrogens is 228 g/mol. The highest BCUT2D eigenvalue weighted by atomic mass is 16.5. The molecule has 0 atom stereocenters. The third kappa shape index (κ3) is 2.51. The van der Waals surface area contributed by atoms with E-state index in [0.717, 1.165) is 10.9 Å². The van der Waals surface area contributed by atoms with Crippen molar-refractivity contribution in [2.75, 3.05) is 7.11 Å². The van der Waals surface area contributed by atoms with Crippen molar-refractivity contribution in [2.24, 2.45) is 0 Å². The van der Waals surface area contributed by atoms with Gasteiger partial charge < -0.3 is 9.30 Å². The minimum absolute atomic E-state index is 0.220. The standard InChI is InChI=1S/C12H10N2O2.C2H6/c1-16-12(15)10-4-2-3-9-5-7-14(8-6-13)11(9)10;1-2/h2-5,7H,8H2,1H3;1-2H3. The summed E-state index contributed by atoms with van der Waals surface area (Å²) < 4.78 is 6.45. The lowest BCUT2D eigenvalue weighted by Gasteiger charge is -2.05. The Kier molecular flexibility index (Phi) is 4.94. The van der Waals surface area contributed by atoms with Crippen LogP contribution in [0.25, 0.3) is 10.9 Å². The van der Waals surface area contributed by atoms with Gasteiger partial charge in [0, 0.05) is 11.6 Å². The highest BCUT2D eigenvalue weighted by Gasteiger charge is 2.13. The van der Waals surface area contributed by atoms with Crippen LogP contribution in [0.2, 0.25) is 0 Å². The summed E-state index contributed by atoms with van der Waals surface area (Å²) in [5.41, 5.74) is 1.23. The summed E-state index contributed by atoms with van der Waals surface area (Å²) in [6.07, 6.45) is 1.79. The van der Waals surface area contributed by atoms with Gasteiger partial charge in [-0.15, -0.1) is 0 Å². The van der Waals surface area contributed by atoms with Crippen LogP contribution in [0.15, 0.2) is 30.5 Å². The lowest BCUT2D eigenvalue weighted by molar-refractivity contribution is 0.0602. The zero-order valence-electron chi connectivity index (χ0n) is 10.8. The number of carbonyl (C=O) groups is 1. The Morgan fingerprint density at radius 1 is 1.39 bits per heavy atom. The van der Waals surface area contributed by atoms with Crippen molar-refractivity contribution in [3.8, 4) is 6.07 Å². The molecule has 0 aliphatic heterocycles. The maximum atomic E-state index is 11.6. The van der Waals surface area contributed by atoms with E-state index in [1.165, 1.54) is 7.11 Å². The maximum absolute atomic E-state index is 11.6. The molecule has 4 nitrogen and oxygen atoms in total. The molecule has 2 rings (SSSR count). The first-order valence-electron chi connectivity index (χ1n) is 5.81. The van der Waals surface area contributed by atoms with E-state index in [2.05, 4.69) is 6.07 Å². The van der Waals surface area contributed by atoms with E-state index in [-0.39, 0.29) is 12.5 Å². The molecule has 1 heterocycles. The predicted molar refractivity (Wildman–Crippen MR) is 70.2 cm³/mol. The van der Waals surface area contributed by atoms with Crippen LogP contribution in [0.3, 0.4) is 0 Å². The van der Waals surface area contributed by atoms with Crippen LogP contribution in [0.4, 0.5) is 0 Å². The molecule has 94 valence electrons. The topological polar surface area (TPSA) is 55.0 Å². The zero-order valence-corrected chi connectivity index (χ0v) is 10.8. The summed E-state index contributed by atoms with van der Waals surface area (Å²) >= 11 is 0. The largest absolute Gasteiger partial charge is 0.465 e. The van der Waals surface area contributed by atoms with E-state index in [0.29, 0.717) is 5.56 Å². The molecule has 0 saturated carbocycles. The molecule has 0 radical (unpaired) electrons. The van der Waals surface area contributed by atoms with E-state index in [1.54, 1.807) is 22.9 Å². The molecule has 0 spiro atoms. The number of aromatic nitrogens is 1. The monoisotopic (exact) mass is 244 g/mol. The van der Waals surface area contributed by atoms with Crippen LogP contribution in [0.5, 0.6) is 0 Å². The second-order valence-corrected chi connectivity index (χ2v) is 3.34. The first-order chi connectivity index (χ1) is 8.77. The van der Waals surface area contributed by atoms with Gasteiger partial charge in [-0.05, 0) is 12.1 Å². The minimum atomic E-state index is -0.386. The fourth-order valence-electron chi connectivity index (χ4n) is 1.74. The lowest BCUT2D eigenvalue weighted by atomic mass is 10.1. The third-order valence-electron chi connectivity index (χ3n) is 2.43. The van der Waals surface area contributed by atoms with Gasteiger partial charge >= 0.3 is 5.97 Å². The highest BCUT2D eigenvalue weighted by molar-refractivity contribution is 6.03. The number of nitriles is 1. The Balaban J connectivity index is 0.000000771. The highest BCUT2D eigenvalue weighted by Crippen LogP contribution is 2.20. The van der Waals surface area contributed by atoms with Crippen molar-refractivity contribution in [1.29, 1.82) is 5.26 Å². The number of para-hydroxylation sites is 1. The molecule has 0 aliphatic rings. The van der Waals surface area contributed by atoms with Gasteiger partial charge in [0.1, 0.15) is 6.54 Å². The van der Waals surface area contributed by atoms with E-state index in [4.69, 9.17) is 10.00 Å². The van der Waals surface area contributed by atoms with Gasteiger partial charge in [-0.1, -0.05) is 26.0 Å². The molecule has 0 unspecified atom stereocenters. The molecule has 0 amide bonds. The number of hydrogen-bond donors (Lipinski definition) is 0. The molecular formula is C14H16N2O2. The number of rotatable bonds is 2. The molecule has 0 N–H and O–H groups in total. The Bertz CT molecular complexity index is 579. The van der Waals surface area contributed by atoms with Gasteiger partial charge in [0.25, 0.3) is 0 Å². The van der Waals surface area contributed by atoms with Gasteiger partial charge in [-0.2, -0.15) is 5.26 Å². The van der Waals surface area contributed by atoms with Crippen LogP contribution in [0.1, 0.15) is 24.2 Å². The number of methoxy groups -OCH3 is 1. The van der Waals surface area contributed by atoms with Crippen LogP contribution in [0, 0.1) is 11.3 Å². The summed E-state index contributed by atoms with van der Waals surface area (Å²) in [5.74, 6) is -0.386. The molecule has 0 bridgehead atoms. The van der Waals surface area contributed by atoms with Crippen LogP contribution in [-0.4, -0.2) is 17.6 Å². The van der Waals surface area contributed by atoms with Crippen LogP contribution >= 0.6 is 0 Å². The number of hydrogen-bond acceptors (Lipinski definition) is 3. The number of fused-ring (bicyclic) bond motifs is 1. The number of benzene rings is 1. The Morgan fingerprint density at radius 3 is 2.72 bits per heavy atom. The van der Waals surface area contributed by atoms with Crippen molar-refractivity contribution >= 4 is 16.9 Å². The quantitative estimate of drug-likeness (QED) is 0.763. The van der Waals surface area contributed by atoms with Crippen LogP contribution < -0.4 is 0 Å². The average molecular weight is 244 g/mol. The Morgan fingerprint density at radius 2 is 2.11 bits per heavy atom. The van der Waals surface area contributed by atoms with Gasteiger partial charge in [-0.25, -0.2) is 4.79 Å². The van der Waals surface area contributed by atoms with Crippen molar-refractivity contribution in [1.82, 2.24) is 4.57 Å². The molecule has 0 fully saturated rings. The summed E-state index contributed by atoms with van der Waals surface area (Å²) in [7, 11) is 1.35. The van der Waals surface area contributed by atoms with E-state index in [9.17, 15) is 4.79 Å². The summed E-state index contributed by atoms with van der Waals surface area (Å²) in [6.45, 7) is 4.22. The van der Waals surface area contributed by atoms with Gasteiger partial charge in [0.2, 0.25) is 0 Å². The number of nitrogens with zero attached hydrogens (tertiary/aromatic N) is 2. The fourth-order valence-corrected chi connectivity index (χ4v) is 1.74. The maximum Gasteiger partial charge on any atom is 0.340 e. The molecule has 4 heteroatoms. The van der Waals surface area contributed by atoms with Gasteiger partial charge in [0.05, 0.1) is 24.3 Å². The molecule has 2 aromatic rings. The second kappa shape index (κ2) is 6.45. The fraction of sp³-hybridized carbons (Fsp3) is 0.286. The molecule has 0 aliphatic carbocycles. The van der Waals surface area contributed by atoms with Gasteiger partial charge in [0.15, 0.2) is 0 Å². The summed E-state index contributed by atoms with van der Waals surface area (Å²) in [6, 6.07) is 9.32. The van der Waals surface area contributed by atoms with E-state index < -0.39 is 0 Å².